The van der Waals surface area contributed by atoms with Crippen LogP contribution < -0.4 is 4.65 Å². The molecule has 1 aliphatic carbocycles. The summed E-state index contributed by atoms with van der Waals surface area (Å²) < 4.78 is 5.08. The van der Waals surface area contributed by atoms with Crippen LogP contribution in [0.1, 0.15) is 30.5 Å². The quantitative estimate of drug-likeness (QED) is 0.830. The highest BCUT2D eigenvalue weighted by atomic mass is 16.5. The number of fused-ring (bicyclic) bond motifs is 3. The fourth-order valence-electron chi connectivity index (χ4n) is 3.08. The zero-order chi connectivity index (χ0) is 13.6. The van der Waals surface area contributed by atoms with E-state index in [1.807, 2.05) is 12.1 Å². The van der Waals surface area contributed by atoms with Gasteiger partial charge in [-0.3, -0.25) is 0 Å². The molecule has 0 aromatic heterocycles. The van der Waals surface area contributed by atoms with E-state index in [0.717, 1.165) is 7.69 Å². The smallest absolute Gasteiger partial charge is 0.537 e. The lowest BCUT2D eigenvalue weighted by Crippen LogP contribution is -2.15. The van der Waals surface area contributed by atoms with Crippen molar-refractivity contribution in [1.82, 2.24) is 0 Å². The summed E-state index contributed by atoms with van der Waals surface area (Å²) >= 11 is 0. The van der Waals surface area contributed by atoms with Crippen molar-refractivity contribution in [2.45, 2.75) is 26.2 Å². The molecule has 0 heterocycles. The summed E-state index contributed by atoms with van der Waals surface area (Å²) in [4.78, 5) is 0. The molecule has 2 aromatic carbocycles. The van der Waals surface area contributed by atoms with E-state index in [0.29, 0.717) is 5.75 Å². The molecule has 1 radical (unpaired) electrons. The molecule has 19 heavy (non-hydrogen) atoms. The molecule has 0 saturated heterocycles. The van der Waals surface area contributed by atoms with Gasteiger partial charge in [0, 0.05) is 5.41 Å². The Bertz CT molecular complexity index is 647. The molecule has 0 amide bonds. The summed E-state index contributed by atoms with van der Waals surface area (Å²) in [6, 6.07) is 12.4. The molecule has 2 nitrogen and oxygen atoms in total. The normalized spacial score (nSPS) is 14.7. The van der Waals surface area contributed by atoms with Crippen molar-refractivity contribution in [1.29, 1.82) is 0 Å². The van der Waals surface area contributed by atoms with Crippen molar-refractivity contribution in [3.8, 4) is 16.9 Å². The van der Waals surface area contributed by atoms with Crippen molar-refractivity contribution in [2.24, 2.45) is 0 Å². The lowest BCUT2D eigenvalue weighted by Gasteiger charge is -2.21. The molecular weight excluding hydrogens is 235 g/mol. The van der Waals surface area contributed by atoms with Crippen LogP contribution in [0.15, 0.2) is 36.4 Å². The van der Waals surface area contributed by atoms with Crippen LogP contribution in [0.25, 0.3) is 11.1 Å². The predicted molar refractivity (Wildman–Crippen MR) is 77.3 cm³/mol. The fourth-order valence-corrected chi connectivity index (χ4v) is 3.08. The Kier molecular flexibility index (Phi) is 2.68. The first-order chi connectivity index (χ1) is 9.05. The molecule has 0 unspecified atom stereocenters. The van der Waals surface area contributed by atoms with E-state index in [4.69, 9.17) is 9.68 Å². The van der Waals surface area contributed by atoms with E-state index in [9.17, 15) is 0 Å². The van der Waals surface area contributed by atoms with Crippen LogP contribution in [0, 0.1) is 6.92 Å². The summed E-state index contributed by atoms with van der Waals surface area (Å²) in [6.07, 6.45) is 0. The van der Waals surface area contributed by atoms with E-state index >= 15 is 0 Å². The predicted octanol–water partition coefficient (Wildman–Crippen LogP) is 3.21. The van der Waals surface area contributed by atoms with Gasteiger partial charge in [-0.2, -0.15) is 0 Å². The standard InChI is InChI=1S/C16H16BO2/c1-10-5-4-6-13-15(10)12-8-7-11(19-17-18)9-14(12)16(13,2)3/h4-9,18H,1-3H3. The third-order valence-corrected chi connectivity index (χ3v) is 4.07. The second kappa shape index (κ2) is 4.14. The number of aryl methyl sites for hydroxylation is 1. The fraction of sp³-hybridized carbons (Fsp3) is 0.250. The van der Waals surface area contributed by atoms with E-state index in [1.54, 1.807) is 0 Å². The Labute approximate surface area is 114 Å². The summed E-state index contributed by atoms with van der Waals surface area (Å²) in [7, 11) is 0.724. The lowest BCUT2D eigenvalue weighted by molar-refractivity contribution is 0.453. The van der Waals surface area contributed by atoms with Gasteiger partial charge in [-0.05, 0) is 46.9 Å². The van der Waals surface area contributed by atoms with Gasteiger partial charge >= 0.3 is 7.69 Å². The molecule has 0 bridgehead atoms. The first-order valence-corrected chi connectivity index (χ1v) is 6.43. The molecular formula is C16H16BO2. The number of hydrogen-bond acceptors (Lipinski definition) is 2. The van der Waals surface area contributed by atoms with Crippen LogP contribution in [0.4, 0.5) is 0 Å². The van der Waals surface area contributed by atoms with Gasteiger partial charge in [0.1, 0.15) is 5.75 Å². The molecule has 95 valence electrons. The van der Waals surface area contributed by atoms with Gasteiger partial charge in [0.25, 0.3) is 0 Å². The van der Waals surface area contributed by atoms with Crippen molar-refractivity contribution in [3.63, 3.8) is 0 Å². The van der Waals surface area contributed by atoms with Gasteiger partial charge in [0.05, 0.1) is 0 Å². The second-order valence-corrected chi connectivity index (χ2v) is 5.55. The van der Waals surface area contributed by atoms with E-state index in [-0.39, 0.29) is 5.41 Å². The zero-order valence-corrected chi connectivity index (χ0v) is 11.4. The lowest BCUT2D eigenvalue weighted by atomic mass is 9.82. The number of benzene rings is 2. The van der Waals surface area contributed by atoms with E-state index < -0.39 is 0 Å². The molecule has 0 spiro atoms. The van der Waals surface area contributed by atoms with Crippen LogP contribution in [0.5, 0.6) is 5.75 Å². The summed E-state index contributed by atoms with van der Waals surface area (Å²) in [5.41, 5.74) is 6.46. The Hall–Kier alpha value is -1.74. The Morgan fingerprint density at radius 3 is 2.63 bits per heavy atom. The van der Waals surface area contributed by atoms with Crippen LogP contribution in [-0.4, -0.2) is 12.7 Å². The molecule has 0 saturated carbocycles. The second-order valence-electron chi connectivity index (χ2n) is 5.55. The SMILES string of the molecule is Cc1cccc2c1-c1ccc(O[B]O)cc1C2(C)C. The average molecular weight is 251 g/mol. The van der Waals surface area contributed by atoms with Crippen molar-refractivity contribution in [3.05, 3.63) is 53.1 Å². The minimum atomic E-state index is -0.0362. The van der Waals surface area contributed by atoms with Crippen LogP contribution in [-0.2, 0) is 5.41 Å². The minimum Gasteiger partial charge on any atom is -0.537 e. The Morgan fingerprint density at radius 1 is 1.11 bits per heavy atom. The van der Waals surface area contributed by atoms with Gasteiger partial charge in [-0.1, -0.05) is 38.1 Å². The Balaban J connectivity index is 2.26. The maximum absolute atomic E-state index is 8.77. The molecule has 0 aliphatic heterocycles. The molecule has 0 fully saturated rings. The topological polar surface area (TPSA) is 29.5 Å². The van der Waals surface area contributed by atoms with Crippen LogP contribution in [0.2, 0.25) is 0 Å². The van der Waals surface area contributed by atoms with Gasteiger partial charge in [0.2, 0.25) is 0 Å². The summed E-state index contributed by atoms with van der Waals surface area (Å²) in [6.45, 7) is 6.60. The molecule has 2 aromatic rings. The van der Waals surface area contributed by atoms with Gasteiger partial charge in [-0.25, -0.2) is 0 Å². The largest absolute Gasteiger partial charge is 0.569 e. The van der Waals surface area contributed by atoms with Gasteiger partial charge in [-0.15, -0.1) is 0 Å². The van der Waals surface area contributed by atoms with Crippen molar-refractivity contribution >= 4 is 7.69 Å². The summed E-state index contributed by atoms with van der Waals surface area (Å²) in [5.74, 6) is 0.666. The van der Waals surface area contributed by atoms with E-state index in [1.165, 1.54) is 27.8 Å². The van der Waals surface area contributed by atoms with E-state index in [2.05, 4.69) is 45.0 Å². The third-order valence-electron chi connectivity index (χ3n) is 4.07. The van der Waals surface area contributed by atoms with Crippen molar-refractivity contribution < 1.29 is 9.68 Å². The van der Waals surface area contributed by atoms with Gasteiger partial charge < -0.3 is 9.68 Å². The highest BCUT2D eigenvalue weighted by Gasteiger charge is 2.36. The molecule has 3 heteroatoms. The monoisotopic (exact) mass is 251 g/mol. The Morgan fingerprint density at radius 2 is 1.89 bits per heavy atom. The maximum Gasteiger partial charge on any atom is 0.569 e. The highest BCUT2D eigenvalue weighted by molar-refractivity contribution is 6.17. The molecule has 1 N–H and O–H groups in total. The first kappa shape index (κ1) is 12.3. The average Bonchev–Trinajstić information content (AvgIpc) is 2.61. The maximum atomic E-state index is 8.77. The minimum absolute atomic E-state index is 0.0362. The zero-order valence-electron chi connectivity index (χ0n) is 11.4. The molecule has 1 aliphatic rings. The number of rotatable bonds is 2. The third kappa shape index (κ3) is 1.69. The van der Waals surface area contributed by atoms with Crippen molar-refractivity contribution in [2.75, 3.05) is 0 Å². The summed E-state index contributed by atoms with van der Waals surface area (Å²) in [5, 5.41) is 8.77. The molecule has 3 rings (SSSR count). The highest BCUT2D eigenvalue weighted by Crippen LogP contribution is 2.50. The van der Waals surface area contributed by atoms with Crippen LogP contribution in [0.3, 0.4) is 0 Å². The number of hydrogen-bond donors (Lipinski definition) is 1. The molecule has 0 atom stereocenters. The van der Waals surface area contributed by atoms with Crippen LogP contribution >= 0.6 is 0 Å². The first-order valence-electron chi connectivity index (χ1n) is 6.43. The van der Waals surface area contributed by atoms with Gasteiger partial charge in [0.15, 0.2) is 0 Å².